The molecule has 1 aliphatic rings. The van der Waals surface area contributed by atoms with Crippen molar-refractivity contribution in [3.05, 3.63) is 64.5 Å². The van der Waals surface area contributed by atoms with Gasteiger partial charge in [0.05, 0.1) is 6.10 Å². The molecule has 3 heteroatoms. The first-order chi connectivity index (χ1) is 10.1. The molecule has 2 nitrogen and oxygen atoms in total. The van der Waals surface area contributed by atoms with Crippen molar-refractivity contribution in [3.63, 3.8) is 0 Å². The Kier molecular flexibility index (Phi) is 3.68. The van der Waals surface area contributed by atoms with Crippen LogP contribution < -0.4 is 4.90 Å². The zero-order chi connectivity index (χ0) is 15.0. The second kappa shape index (κ2) is 5.49. The summed E-state index contributed by atoms with van der Waals surface area (Å²) < 4.78 is 13.8. The Labute approximate surface area is 124 Å². The summed E-state index contributed by atoms with van der Waals surface area (Å²) in [4.78, 5) is 2.23. The summed E-state index contributed by atoms with van der Waals surface area (Å²) in [5.74, 6) is -0.257. The molecule has 0 amide bonds. The van der Waals surface area contributed by atoms with Crippen LogP contribution in [0.2, 0.25) is 0 Å². The van der Waals surface area contributed by atoms with Crippen LogP contribution in [0.1, 0.15) is 35.3 Å². The van der Waals surface area contributed by atoms with Gasteiger partial charge in [-0.3, -0.25) is 0 Å². The first-order valence-electron chi connectivity index (χ1n) is 7.36. The molecule has 1 heterocycles. The predicted octanol–water partition coefficient (Wildman–Crippen LogP) is 3.75. The van der Waals surface area contributed by atoms with E-state index in [0.717, 1.165) is 25.2 Å². The molecule has 1 N–H and O–H groups in total. The van der Waals surface area contributed by atoms with Gasteiger partial charge in [-0.2, -0.15) is 0 Å². The van der Waals surface area contributed by atoms with Crippen LogP contribution in [0.15, 0.2) is 36.4 Å². The Hall–Kier alpha value is -1.87. The first-order valence-corrected chi connectivity index (χ1v) is 7.36. The average molecular weight is 285 g/mol. The Balaban J connectivity index is 2.00. The maximum Gasteiger partial charge on any atom is 0.126 e. The summed E-state index contributed by atoms with van der Waals surface area (Å²) in [5, 5.41) is 9.95. The molecule has 3 rings (SSSR count). The highest BCUT2D eigenvalue weighted by Crippen LogP contribution is 2.32. The molecule has 0 spiro atoms. The van der Waals surface area contributed by atoms with Gasteiger partial charge in [-0.15, -0.1) is 0 Å². The molecule has 1 aliphatic heterocycles. The molecule has 0 saturated carbocycles. The quantitative estimate of drug-likeness (QED) is 0.908. The zero-order valence-electron chi connectivity index (χ0n) is 12.4. The van der Waals surface area contributed by atoms with Crippen LogP contribution in [0.3, 0.4) is 0 Å². The largest absolute Gasteiger partial charge is 0.389 e. The molecule has 110 valence electrons. The number of hydrogen-bond acceptors (Lipinski definition) is 2. The Bertz CT molecular complexity index is 666. The molecular formula is C18H20FNO. The number of aryl methyl sites for hydroxylation is 1. The van der Waals surface area contributed by atoms with Crippen molar-refractivity contribution in [2.24, 2.45) is 0 Å². The highest BCUT2D eigenvalue weighted by atomic mass is 19.1. The van der Waals surface area contributed by atoms with E-state index in [1.165, 1.54) is 17.2 Å². The standard InChI is InChI=1S/C18H20FNO/c1-12-9-18(16(13(2)21)10-17(12)19)20-8-7-14-5-3-4-6-15(14)11-20/h3-6,9-10,13,21H,7-8,11H2,1-2H3/t13-/m1/s1. The van der Waals surface area contributed by atoms with Crippen molar-refractivity contribution in [1.29, 1.82) is 0 Å². The fourth-order valence-electron chi connectivity index (χ4n) is 2.99. The fourth-order valence-corrected chi connectivity index (χ4v) is 2.99. The van der Waals surface area contributed by atoms with Gasteiger partial charge in [0.25, 0.3) is 0 Å². The second-order valence-electron chi connectivity index (χ2n) is 5.78. The normalized spacial score (nSPS) is 15.7. The molecule has 2 aromatic rings. The number of rotatable bonds is 2. The van der Waals surface area contributed by atoms with E-state index in [-0.39, 0.29) is 5.82 Å². The summed E-state index contributed by atoms with van der Waals surface area (Å²) in [6.07, 6.45) is 0.304. The number of anilines is 1. The van der Waals surface area contributed by atoms with Gasteiger partial charge < -0.3 is 10.0 Å². The monoisotopic (exact) mass is 285 g/mol. The molecule has 0 saturated heterocycles. The Morgan fingerprint density at radius 3 is 2.62 bits per heavy atom. The van der Waals surface area contributed by atoms with Crippen LogP contribution in [0.5, 0.6) is 0 Å². The lowest BCUT2D eigenvalue weighted by Crippen LogP contribution is -2.31. The second-order valence-corrected chi connectivity index (χ2v) is 5.78. The Morgan fingerprint density at radius 2 is 1.90 bits per heavy atom. The summed E-state index contributed by atoms with van der Waals surface area (Å²) in [6.45, 7) is 5.15. The van der Waals surface area contributed by atoms with Gasteiger partial charge in [-0.1, -0.05) is 24.3 Å². The van der Waals surface area contributed by atoms with E-state index < -0.39 is 6.10 Å². The molecule has 0 aliphatic carbocycles. The molecule has 0 radical (unpaired) electrons. The van der Waals surface area contributed by atoms with Gasteiger partial charge in [0.1, 0.15) is 5.82 Å². The van der Waals surface area contributed by atoms with Gasteiger partial charge in [0, 0.05) is 24.3 Å². The van der Waals surface area contributed by atoms with Crippen LogP contribution >= 0.6 is 0 Å². The fraction of sp³-hybridized carbons (Fsp3) is 0.333. The summed E-state index contributed by atoms with van der Waals surface area (Å²) in [6, 6.07) is 11.7. The lowest BCUT2D eigenvalue weighted by Gasteiger charge is -2.33. The van der Waals surface area contributed by atoms with Crippen molar-refractivity contribution >= 4 is 5.69 Å². The highest BCUT2D eigenvalue weighted by Gasteiger charge is 2.21. The van der Waals surface area contributed by atoms with Crippen molar-refractivity contribution in [3.8, 4) is 0 Å². The molecule has 21 heavy (non-hydrogen) atoms. The maximum atomic E-state index is 13.8. The maximum absolute atomic E-state index is 13.8. The van der Waals surface area contributed by atoms with Crippen LogP contribution in [0.25, 0.3) is 0 Å². The van der Waals surface area contributed by atoms with E-state index in [0.29, 0.717) is 11.1 Å². The van der Waals surface area contributed by atoms with Gasteiger partial charge in [0.2, 0.25) is 0 Å². The third-order valence-electron chi connectivity index (χ3n) is 4.23. The van der Waals surface area contributed by atoms with E-state index >= 15 is 0 Å². The number of aliphatic hydroxyl groups excluding tert-OH is 1. The number of halogens is 1. The Morgan fingerprint density at radius 1 is 1.19 bits per heavy atom. The number of hydrogen-bond donors (Lipinski definition) is 1. The summed E-state index contributed by atoms with van der Waals surface area (Å²) in [5.41, 5.74) is 4.91. The lowest BCUT2D eigenvalue weighted by atomic mass is 9.97. The minimum atomic E-state index is -0.674. The molecule has 0 fully saturated rings. The summed E-state index contributed by atoms with van der Waals surface area (Å²) >= 11 is 0. The van der Waals surface area contributed by atoms with Gasteiger partial charge >= 0.3 is 0 Å². The van der Waals surface area contributed by atoms with E-state index in [1.54, 1.807) is 13.8 Å². The topological polar surface area (TPSA) is 23.5 Å². The third-order valence-corrected chi connectivity index (χ3v) is 4.23. The minimum Gasteiger partial charge on any atom is -0.389 e. The molecule has 2 aromatic carbocycles. The van der Waals surface area contributed by atoms with Gasteiger partial charge in [-0.05, 0) is 49.1 Å². The zero-order valence-corrected chi connectivity index (χ0v) is 12.4. The first kappa shape index (κ1) is 14.1. The van der Waals surface area contributed by atoms with Gasteiger partial charge in [-0.25, -0.2) is 4.39 Å². The van der Waals surface area contributed by atoms with E-state index in [4.69, 9.17) is 0 Å². The molecule has 0 bridgehead atoms. The molecule has 0 unspecified atom stereocenters. The predicted molar refractivity (Wildman–Crippen MR) is 83.0 cm³/mol. The molecular weight excluding hydrogens is 265 g/mol. The van der Waals surface area contributed by atoms with Gasteiger partial charge in [0.15, 0.2) is 0 Å². The van der Waals surface area contributed by atoms with Crippen molar-refractivity contribution < 1.29 is 9.50 Å². The third kappa shape index (κ3) is 2.66. The smallest absolute Gasteiger partial charge is 0.126 e. The SMILES string of the molecule is Cc1cc(N2CCc3ccccc3C2)c([C@@H](C)O)cc1F. The van der Waals surface area contributed by atoms with Crippen molar-refractivity contribution in [2.45, 2.75) is 32.9 Å². The average Bonchev–Trinajstić information content (AvgIpc) is 2.49. The number of aliphatic hydroxyl groups is 1. The van der Waals surface area contributed by atoms with Crippen LogP contribution in [0.4, 0.5) is 10.1 Å². The van der Waals surface area contributed by atoms with Crippen molar-refractivity contribution in [1.82, 2.24) is 0 Å². The van der Waals surface area contributed by atoms with E-state index in [9.17, 15) is 9.50 Å². The van der Waals surface area contributed by atoms with E-state index in [1.807, 2.05) is 12.1 Å². The van der Waals surface area contributed by atoms with Crippen LogP contribution in [-0.2, 0) is 13.0 Å². The van der Waals surface area contributed by atoms with Crippen molar-refractivity contribution in [2.75, 3.05) is 11.4 Å². The number of fused-ring (bicyclic) bond motifs is 1. The van der Waals surface area contributed by atoms with E-state index in [2.05, 4.69) is 23.1 Å². The summed E-state index contributed by atoms with van der Waals surface area (Å²) in [7, 11) is 0. The highest BCUT2D eigenvalue weighted by molar-refractivity contribution is 5.58. The molecule has 0 aromatic heterocycles. The minimum absolute atomic E-state index is 0.257. The number of benzene rings is 2. The molecule has 1 atom stereocenters. The van der Waals surface area contributed by atoms with Crippen LogP contribution in [0, 0.1) is 12.7 Å². The van der Waals surface area contributed by atoms with Crippen LogP contribution in [-0.4, -0.2) is 11.7 Å². The number of nitrogens with zero attached hydrogens (tertiary/aromatic N) is 1. The lowest BCUT2D eigenvalue weighted by molar-refractivity contribution is 0.199.